The maximum atomic E-state index is 12.9. The summed E-state index contributed by atoms with van der Waals surface area (Å²) in [6.07, 6.45) is 1.54. The van der Waals surface area contributed by atoms with Crippen molar-refractivity contribution in [2.75, 3.05) is 14.2 Å². The summed E-state index contributed by atoms with van der Waals surface area (Å²) >= 11 is 6.20. The number of nitrogens with zero attached hydrogens (tertiary/aromatic N) is 2. The molecule has 2 aromatic carbocycles. The minimum absolute atomic E-state index is 0.163. The fourth-order valence-corrected chi connectivity index (χ4v) is 3.24. The van der Waals surface area contributed by atoms with Crippen LogP contribution in [0.5, 0.6) is 11.5 Å². The van der Waals surface area contributed by atoms with Gasteiger partial charge in [-0.25, -0.2) is 4.98 Å². The van der Waals surface area contributed by atoms with Crippen molar-refractivity contribution in [3.8, 4) is 11.5 Å². The van der Waals surface area contributed by atoms with E-state index in [4.69, 9.17) is 21.1 Å². The first kappa shape index (κ1) is 16.5. The summed E-state index contributed by atoms with van der Waals surface area (Å²) < 4.78 is 12.2. The molecule has 1 N–H and O–H groups in total. The summed E-state index contributed by atoms with van der Waals surface area (Å²) in [7, 11) is 3.14. The highest BCUT2D eigenvalue weighted by molar-refractivity contribution is 6.31. The molecule has 7 heteroatoms. The summed E-state index contributed by atoms with van der Waals surface area (Å²) in [6.45, 7) is 0.351. The third-order valence-corrected chi connectivity index (χ3v) is 4.74. The van der Waals surface area contributed by atoms with E-state index in [1.807, 2.05) is 24.3 Å². The van der Waals surface area contributed by atoms with E-state index in [-0.39, 0.29) is 5.56 Å². The largest absolute Gasteiger partial charge is 0.493 e. The molecule has 0 spiro atoms. The number of nitrogens with one attached hydrogen (secondary N) is 1. The molecule has 2 heterocycles. The lowest BCUT2D eigenvalue weighted by Gasteiger charge is -2.07. The van der Waals surface area contributed by atoms with Gasteiger partial charge >= 0.3 is 0 Å². The average molecular weight is 370 g/mol. The van der Waals surface area contributed by atoms with Crippen molar-refractivity contribution in [2.45, 2.75) is 6.54 Å². The smallest absolute Gasteiger partial charge is 0.277 e. The molecular formula is C19H16ClN3O3. The van der Waals surface area contributed by atoms with E-state index in [1.54, 1.807) is 26.4 Å². The van der Waals surface area contributed by atoms with Gasteiger partial charge in [0.2, 0.25) is 0 Å². The van der Waals surface area contributed by atoms with E-state index in [0.29, 0.717) is 34.1 Å². The third kappa shape index (κ3) is 2.59. The van der Waals surface area contributed by atoms with E-state index in [2.05, 4.69) is 9.97 Å². The molecule has 4 aromatic rings. The number of benzene rings is 2. The van der Waals surface area contributed by atoms with Crippen LogP contribution in [0.2, 0.25) is 5.02 Å². The maximum Gasteiger partial charge on any atom is 0.277 e. The van der Waals surface area contributed by atoms with Crippen molar-refractivity contribution in [3.05, 3.63) is 63.7 Å². The van der Waals surface area contributed by atoms with Crippen LogP contribution in [0, 0.1) is 0 Å². The van der Waals surface area contributed by atoms with Gasteiger partial charge in [0.05, 0.1) is 32.6 Å². The van der Waals surface area contributed by atoms with E-state index in [9.17, 15) is 4.79 Å². The lowest BCUT2D eigenvalue weighted by molar-refractivity contribution is 0.356. The molecule has 0 radical (unpaired) electrons. The average Bonchev–Trinajstić information content (AvgIpc) is 3.02. The second-order valence-corrected chi connectivity index (χ2v) is 6.28. The number of ether oxygens (including phenoxy) is 2. The highest BCUT2D eigenvalue weighted by Crippen LogP contribution is 2.34. The summed E-state index contributed by atoms with van der Waals surface area (Å²) in [4.78, 5) is 20.5. The fourth-order valence-electron chi connectivity index (χ4n) is 3.04. The Morgan fingerprint density at radius 1 is 1.15 bits per heavy atom. The van der Waals surface area contributed by atoms with Crippen molar-refractivity contribution < 1.29 is 9.47 Å². The zero-order chi connectivity index (χ0) is 18.3. The molecule has 0 aliphatic heterocycles. The third-order valence-electron chi connectivity index (χ3n) is 4.37. The predicted octanol–water partition coefficient (Wildman–Crippen LogP) is 3.60. The number of fused-ring (bicyclic) bond motifs is 3. The van der Waals surface area contributed by atoms with Gasteiger partial charge in [0, 0.05) is 16.5 Å². The number of hydrogen-bond acceptors (Lipinski definition) is 4. The Morgan fingerprint density at radius 2 is 1.88 bits per heavy atom. The van der Waals surface area contributed by atoms with Crippen molar-refractivity contribution in [3.63, 3.8) is 0 Å². The first-order valence-electron chi connectivity index (χ1n) is 7.98. The van der Waals surface area contributed by atoms with Crippen molar-refractivity contribution >= 4 is 33.5 Å². The number of H-pyrrole nitrogens is 1. The maximum absolute atomic E-state index is 12.9. The Labute approximate surface area is 153 Å². The molecule has 0 aliphatic rings. The van der Waals surface area contributed by atoms with Crippen LogP contribution in [-0.4, -0.2) is 28.8 Å². The SMILES string of the molecule is COc1cc2[nH]c3c(=O)n(Cc4ccccc4Cl)cnc3c2cc1OC. The number of methoxy groups -OCH3 is 2. The molecule has 6 nitrogen and oxygen atoms in total. The molecule has 132 valence electrons. The molecule has 0 saturated heterocycles. The van der Waals surface area contributed by atoms with Crippen LogP contribution in [-0.2, 0) is 6.54 Å². The van der Waals surface area contributed by atoms with E-state index in [0.717, 1.165) is 16.5 Å². The Kier molecular flexibility index (Phi) is 4.05. The van der Waals surface area contributed by atoms with Crippen LogP contribution in [0.4, 0.5) is 0 Å². The standard InChI is InChI=1S/C19H16ClN3O3/c1-25-15-7-12-14(8-16(15)26-2)22-18-17(12)21-10-23(19(18)24)9-11-5-3-4-6-13(11)20/h3-8,10,22H,9H2,1-2H3. The van der Waals surface area contributed by atoms with E-state index in [1.165, 1.54) is 10.9 Å². The van der Waals surface area contributed by atoms with Gasteiger partial charge in [-0.05, 0) is 17.7 Å². The molecule has 26 heavy (non-hydrogen) atoms. The van der Waals surface area contributed by atoms with Gasteiger partial charge in [0.15, 0.2) is 11.5 Å². The van der Waals surface area contributed by atoms with Gasteiger partial charge in [-0.1, -0.05) is 29.8 Å². The van der Waals surface area contributed by atoms with E-state index >= 15 is 0 Å². The normalized spacial score (nSPS) is 11.2. The van der Waals surface area contributed by atoms with Gasteiger partial charge in [0.1, 0.15) is 11.0 Å². The quantitative estimate of drug-likeness (QED) is 0.596. The summed E-state index contributed by atoms with van der Waals surface area (Å²) in [5.41, 5.74) is 2.49. The Bertz CT molecular complexity index is 1180. The molecule has 0 bridgehead atoms. The number of rotatable bonds is 4. The van der Waals surface area contributed by atoms with Crippen LogP contribution in [0.3, 0.4) is 0 Å². The number of aromatic amines is 1. The van der Waals surface area contributed by atoms with Crippen LogP contribution in [0.25, 0.3) is 21.9 Å². The molecule has 0 unspecified atom stereocenters. The number of hydrogen-bond donors (Lipinski definition) is 1. The summed E-state index contributed by atoms with van der Waals surface area (Å²) in [5, 5.41) is 1.42. The lowest BCUT2D eigenvalue weighted by Crippen LogP contribution is -2.21. The lowest BCUT2D eigenvalue weighted by atomic mass is 10.2. The number of aromatic nitrogens is 3. The molecule has 0 amide bonds. The van der Waals surface area contributed by atoms with Gasteiger partial charge in [-0.2, -0.15) is 0 Å². The van der Waals surface area contributed by atoms with E-state index < -0.39 is 0 Å². The van der Waals surface area contributed by atoms with Crippen LogP contribution in [0.15, 0.2) is 47.5 Å². The van der Waals surface area contributed by atoms with Crippen molar-refractivity contribution in [2.24, 2.45) is 0 Å². The molecule has 0 saturated carbocycles. The Balaban J connectivity index is 1.89. The molecule has 0 aliphatic carbocycles. The van der Waals surface area contributed by atoms with Gasteiger partial charge in [-0.3, -0.25) is 9.36 Å². The molecular weight excluding hydrogens is 354 g/mol. The minimum atomic E-state index is -0.163. The highest BCUT2D eigenvalue weighted by atomic mass is 35.5. The monoisotopic (exact) mass is 369 g/mol. The Hall–Kier alpha value is -2.99. The Morgan fingerprint density at radius 3 is 2.62 bits per heavy atom. The molecule has 0 fully saturated rings. The first-order valence-corrected chi connectivity index (χ1v) is 8.36. The second kappa shape index (κ2) is 6.38. The van der Waals surface area contributed by atoms with Crippen molar-refractivity contribution in [1.29, 1.82) is 0 Å². The predicted molar refractivity (Wildman–Crippen MR) is 102 cm³/mol. The second-order valence-electron chi connectivity index (χ2n) is 5.87. The molecule has 2 aromatic heterocycles. The minimum Gasteiger partial charge on any atom is -0.493 e. The zero-order valence-electron chi connectivity index (χ0n) is 14.2. The topological polar surface area (TPSA) is 69.1 Å². The van der Waals surface area contributed by atoms with Crippen LogP contribution in [0.1, 0.15) is 5.56 Å². The summed E-state index contributed by atoms with van der Waals surface area (Å²) in [5.74, 6) is 1.17. The molecule has 0 atom stereocenters. The van der Waals surface area contributed by atoms with Gasteiger partial charge < -0.3 is 14.5 Å². The first-order chi connectivity index (χ1) is 12.6. The van der Waals surface area contributed by atoms with Crippen molar-refractivity contribution in [1.82, 2.24) is 14.5 Å². The van der Waals surface area contributed by atoms with Gasteiger partial charge in [0.25, 0.3) is 5.56 Å². The van der Waals surface area contributed by atoms with Crippen LogP contribution >= 0.6 is 11.6 Å². The fraction of sp³-hybridized carbons (Fsp3) is 0.158. The van der Waals surface area contributed by atoms with Crippen LogP contribution < -0.4 is 15.0 Å². The number of halogens is 1. The highest BCUT2D eigenvalue weighted by Gasteiger charge is 2.15. The molecule has 4 rings (SSSR count). The van der Waals surface area contributed by atoms with Gasteiger partial charge in [-0.15, -0.1) is 0 Å². The zero-order valence-corrected chi connectivity index (χ0v) is 15.0. The summed E-state index contributed by atoms with van der Waals surface area (Å²) in [6, 6.07) is 11.1.